The molecule has 0 fully saturated rings. The van der Waals surface area contributed by atoms with Gasteiger partial charge in [-0.15, -0.1) is 0 Å². The van der Waals surface area contributed by atoms with Gasteiger partial charge in [-0.3, -0.25) is 14.5 Å². The number of amides is 2. The summed E-state index contributed by atoms with van der Waals surface area (Å²) in [5.41, 5.74) is 3.71. The van der Waals surface area contributed by atoms with Crippen molar-refractivity contribution in [2.24, 2.45) is 0 Å². The molecule has 2 rings (SSSR count). The van der Waals surface area contributed by atoms with Gasteiger partial charge in [0.1, 0.15) is 5.75 Å². The number of anilines is 2. The van der Waals surface area contributed by atoms with Gasteiger partial charge in [0, 0.05) is 17.4 Å². The number of likely N-dealkylation sites (N-methyl/N-ethyl adjacent to an activating group) is 1. The minimum absolute atomic E-state index is 0.109. The fourth-order valence-electron chi connectivity index (χ4n) is 2.47. The Morgan fingerprint density at radius 1 is 0.923 bits per heavy atom. The number of carbonyl (C=O) groups is 2. The van der Waals surface area contributed by atoms with Gasteiger partial charge in [-0.05, 0) is 56.3 Å². The van der Waals surface area contributed by atoms with E-state index in [1.807, 2.05) is 32.0 Å². The highest BCUT2D eigenvalue weighted by molar-refractivity contribution is 5.94. The summed E-state index contributed by atoms with van der Waals surface area (Å²) in [5, 5.41) is 5.64. The van der Waals surface area contributed by atoms with Gasteiger partial charge in [-0.2, -0.15) is 0 Å². The Kier molecular flexibility index (Phi) is 6.74. The number of hydrogen-bond donors (Lipinski definition) is 2. The van der Waals surface area contributed by atoms with Crippen LogP contribution in [-0.4, -0.2) is 44.0 Å². The molecule has 2 aromatic rings. The average Bonchev–Trinajstić information content (AvgIpc) is 2.57. The molecule has 2 N–H and O–H groups in total. The Labute approximate surface area is 154 Å². The summed E-state index contributed by atoms with van der Waals surface area (Å²) in [7, 11) is 3.30. The van der Waals surface area contributed by atoms with Gasteiger partial charge < -0.3 is 15.4 Å². The normalized spacial score (nSPS) is 10.5. The van der Waals surface area contributed by atoms with Crippen LogP contribution in [0.25, 0.3) is 0 Å². The maximum atomic E-state index is 12.1. The zero-order chi connectivity index (χ0) is 19.1. The number of methoxy groups -OCH3 is 1. The fourth-order valence-corrected chi connectivity index (χ4v) is 2.47. The third-order valence-corrected chi connectivity index (χ3v) is 3.97. The maximum absolute atomic E-state index is 12.1. The first-order valence-corrected chi connectivity index (χ1v) is 8.37. The average molecular weight is 355 g/mol. The van der Waals surface area contributed by atoms with Crippen LogP contribution in [0.4, 0.5) is 11.4 Å². The van der Waals surface area contributed by atoms with Crippen LogP contribution < -0.4 is 15.4 Å². The second-order valence-corrected chi connectivity index (χ2v) is 6.30. The van der Waals surface area contributed by atoms with Crippen molar-refractivity contribution in [3.63, 3.8) is 0 Å². The number of carbonyl (C=O) groups excluding carboxylic acids is 2. The number of hydrogen-bond acceptors (Lipinski definition) is 4. The van der Waals surface area contributed by atoms with Crippen LogP contribution in [0.15, 0.2) is 42.5 Å². The van der Waals surface area contributed by atoms with E-state index in [0.29, 0.717) is 11.4 Å². The second-order valence-electron chi connectivity index (χ2n) is 6.30. The molecule has 0 aliphatic rings. The van der Waals surface area contributed by atoms with Gasteiger partial charge in [0.05, 0.1) is 20.2 Å². The number of benzene rings is 2. The van der Waals surface area contributed by atoms with Crippen LogP contribution in [0.5, 0.6) is 5.75 Å². The molecule has 0 bridgehead atoms. The molecule has 0 radical (unpaired) electrons. The Morgan fingerprint density at radius 3 is 2.12 bits per heavy atom. The molecule has 0 unspecified atom stereocenters. The SMILES string of the molecule is COc1cccc(NC(=O)CN(C)CC(=O)Nc2ccc(C)c(C)c2)c1. The van der Waals surface area contributed by atoms with E-state index < -0.39 is 0 Å². The molecule has 0 aliphatic carbocycles. The van der Waals surface area contributed by atoms with Gasteiger partial charge in [-0.1, -0.05) is 12.1 Å². The first kappa shape index (κ1) is 19.5. The lowest BCUT2D eigenvalue weighted by atomic mass is 10.1. The Balaban J connectivity index is 1.82. The van der Waals surface area contributed by atoms with E-state index in [0.717, 1.165) is 11.3 Å². The van der Waals surface area contributed by atoms with Gasteiger partial charge in [0.25, 0.3) is 0 Å². The quantitative estimate of drug-likeness (QED) is 0.801. The highest BCUT2D eigenvalue weighted by atomic mass is 16.5. The van der Waals surface area contributed by atoms with Crippen LogP contribution in [0.2, 0.25) is 0 Å². The zero-order valence-corrected chi connectivity index (χ0v) is 15.6. The van der Waals surface area contributed by atoms with E-state index in [1.165, 1.54) is 5.56 Å². The van der Waals surface area contributed by atoms with Crippen molar-refractivity contribution in [1.82, 2.24) is 4.90 Å². The molecule has 0 aliphatic heterocycles. The van der Waals surface area contributed by atoms with Gasteiger partial charge in [0.2, 0.25) is 11.8 Å². The third kappa shape index (κ3) is 5.89. The summed E-state index contributed by atoms with van der Waals surface area (Å²) < 4.78 is 5.13. The molecule has 26 heavy (non-hydrogen) atoms. The predicted molar refractivity (Wildman–Crippen MR) is 104 cm³/mol. The smallest absolute Gasteiger partial charge is 0.238 e. The molecular formula is C20H25N3O3. The molecule has 6 nitrogen and oxygen atoms in total. The molecule has 0 heterocycles. The van der Waals surface area contributed by atoms with Crippen molar-refractivity contribution in [3.05, 3.63) is 53.6 Å². The summed E-state index contributed by atoms with van der Waals surface area (Å²) in [6.07, 6.45) is 0. The van der Waals surface area contributed by atoms with Gasteiger partial charge >= 0.3 is 0 Å². The van der Waals surface area contributed by atoms with E-state index in [-0.39, 0.29) is 24.9 Å². The van der Waals surface area contributed by atoms with Crippen molar-refractivity contribution in [1.29, 1.82) is 0 Å². The van der Waals surface area contributed by atoms with E-state index in [1.54, 1.807) is 43.3 Å². The van der Waals surface area contributed by atoms with E-state index in [9.17, 15) is 9.59 Å². The summed E-state index contributed by atoms with van der Waals surface area (Å²) in [6, 6.07) is 12.9. The standard InChI is InChI=1S/C20H25N3O3/c1-14-8-9-17(10-15(14)2)22-20(25)13-23(3)12-19(24)21-16-6-5-7-18(11-16)26-4/h5-11H,12-13H2,1-4H3,(H,21,24)(H,22,25). The fraction of sp³-hybridized carbons (Fsp3) is 0.300. The molecule has 0 atom stereocenters. The van der Waals surface area contributed by atoms with Crippen LogP contribution in [0.1, 0.15) is 11.1 Å². The van der Waals surface area contributed by atoms with Crippen LogP contribution in [0, 0.1) is 13.8 Å². The molecule has 0 spiro atoms. The topological polar surface area (TPSA) is 70.7 Å². The first-order chi connectivity index (χ1) is 12.4. The maximum Gasteiger partial charge on any atom is 0.238 e. The van der Waals surface area contributed by atoms with Crippen LogP contribution >= 0.6 is 0 Å². The zero-order valence-electron chi connectivity index (χ0n) is 15.6. The van der Waals surface area contributed by atoms with Crippen molar-refractivity contribution in [3.8, 4) is 5.75 Å². The molecular weight excluding hydrogens is 330 g/mol. The Hall–Kier alpha value is -2.86. The number of aryl methyl sites for hydroxylation is 2. The first-order valence-electron chi connectivity index (χ1n) is 8.37. The highest BCUT2D eigenvalue weighted by Crippen LogP contribution is 2.16. The molecule has 138 valence electrons. The van der Waals surface area contributed by atoms with Crippen LogP contribution in [-0.2, 0) is 9.59 Å². The molecule has 2 amide bonds. The summed E-state index contributed by atoms with van der Waals surface area (Å²) in [5.74, 6) is 0.314. The lowest BCUT2D eigenvalue weighted by molar-refractivity contribution is -0.119. The van der Waals surface area contributed by atoms with E-state index >= 15 is 0 Å². The molecule has 0 saturated heterocycles. The summed E-state index contributed by atoms with van der Waals surface area (Å²) >= 11 is 0. The van der Waals surface area contributed by atoms with Crippen molar-refractivity contribution in [2.45, 2.75) is 13.8 Å². The number of nitrogens with zero attached hydrogens (tertiary/aromatic N) is 1. The second kappa shape index (κ2) is 9.01. The largest absolute Gasteiger partial charge is 0.497 e. The van der Waals surface area contributed by atoms with Crippen molar-refractivity contribution < 1.29 is 14.3 Å². The number of ether oxygens (including phenoxy) is 1. The monoisotopic (exact) mass is 355 g/mol. The lowest BCUT2D eigenvalue weighted by Crippen LogP contribution is -2.36. The van der Waals surface area contributed by atoms with E-state index in [4.69, 9.17) is 4.74 Å². The van der Waals surface area contributed by atoms with Crippen molar-refractivity contribution in [2.75, 3.05) is 37.9 Å². The van der Waals surface area contributed by atoms with Crippen LogP contribution in [0.3, 0.4) is 0 Å². The number of nitrogens with one attached hydrogen (secondary N) is 2. The lowest BCUT2D eigenvalue weighted by Gasteiger charge is -2.16. The molecule has 6 heteroatoms. The predicted octanol–water partition coefficient (Wildman–Crippen LogP) is 2.82. The molecule has 0 aromatic heterocycles. The molecule has 2 aromatic carbocycles. The van der Waals surface area contributed by atoms with Crippen molar-refractivity contribution >= 4 is 23.2 Å². The Morgan fingerprint density at radius 2 is 1.54 bits per heavy atom. The van der Waals surface area contributed by atoms with Gasteiger partial charge in [-0.25, -0.2) is 0 Å². The minimum Gasteiger partial charge on any atom is -0.497 e. The minimum atomic E-state index is -0.195. The third-order valence-electron chi connectivity index (χ3n) is 3.97. The highest BCUT2D eigenvalue weighted by Gasteiger charge is 2.12. The summed E-state index contributed by atoms with van der Waals surface area (Å²) in [6.45, 7) is 4.26. The van der Waals surface area contributed by atoms with Gasteiger partial charge in [0.15, 0.2) is 0 Å². The Bertz CT molecular complexity index is 790. The summed E-state index contributed by atoms with van der Waals surface area (Å²) in [4.78, 5) is 25.9. The molecule has 0 saturated carbocycles. The number of rotatable bonds is 7. The van der Waals surface area contributed by atoms with E-state index in [2.05, 4.69) is 10.6 Å².